The molecular weight excluding hydrogens is 351 g/mol. The van der Waals surface area contributed by atoms with E-state index < -0.39 is 30.5 Å². The summed E-state index contributed by atoms with van der Waals surface area (Å²) < 4.78 is 29.8. The average molecular weight is 374 g/mol. The summed E-state index contributed by atoms with van der Waals surface area (Å²) in [5, 5.41) is 10.7. The Labute approximate surface area is 144 Å². The zero-order valence-corrected chi connectivity index (χ0v) is 15.1. The summed E-state index contributed by atoms with van der Waals surface area (Å²) >= 11 is 0. The molecule has 0 amide bonds. The summed E-state index contributed by atoms with van der Waals surface area (Å²) in [5.74, 6) is -0.145. The third kappa shape index (κ3) is 3.52. The lowest BCUT2D eigenvalue weighted by Crippen LogP contribution is -2.32. The molecule has 3 unspecified atom stereocenters. The molecule has 9 nitrogen and oxygen atoms in total. The van der Waals surface area contributed by atoms with Gasteiger partial charge in [0, 0.05) is 24.2 Å². The lowest BCUT2D eigenvalue weighted by Gasteiger charge is -2.21. The van der Waals surface area contributed by atoms with Crippen molar-refractivity contribution in [3.63, 3.8) is 0 Å². The van der Waals surface area contributed by atoms with Gasteiger partial charge in [-0.1, -0.05) is 0 Å². The Morgan fingerprint density at radius 2 is 2.04 bits per heavy atom. The van der Waals surface area contributed by atoms with E-state index in [1.807, 2.05) is 0 Å². The van der Waals surface area contributed by atoms with Gasteiger partial charge in [-0.05, 0) is 26.7 Å². The van der Waals surface area contributed by atoms with E-state index in [1.165, 1.54) is 16.8 Å². The molecule has 1 aromatic rings. The van der Waals surface area contributed by atoms with Crippen molar-refractivity contribution in [3.05, 3.63) is 33.1 Å². The highest BCUT2D eigenvalue weighted by molar-refractivity contribution is 7.53. The van der Waals surface area contributed by atoms with Crippen LogP contribution in [0, 0.1) is 5.92 Å². The van der Waals surface area contributed by atoms with Crippen molar-refractivity contribution in [2.45, 2.75) is 44.4 Å². The van der Waals surface area contributed by atoms with Crippen molar-refractivity contribution in [1.82, 2.24) is 9.55 Å². The second-order valence-electron chi connectivity index (χ2n) is 6.37. The predicted octanol–water partition coefficient (Wildman–Crippen LogP) is 0.841. The lowest BCUT2D eigenvalue weighted by atomic mass is 10.1. The van der Waals surface area contributed by atoms with Crippen LogP contribution >= 0.6 is 7.60 Å². The molecule has 140 valence electrons. The van der Waals surface area contributed by atoms with Crippen LogP contribution in [0.5, 0.6) is 0 Å². The summed E-state index contributed by atoms with van der Waals surface area (Å²) in [6.07, 6.45) is 1.66. The molecule has 1 heterocycles. The Hall–Kier alpha value is -1.25. The van der Waals surface area contributed by atoms with E-state index in [4.69, 9.17) is 13.8 Å². The third-order valence-electron chi connectivity index (χ3n) is 4.79. The monoisotopic (exact) mass is 374 g/mol. The van der Waals surface area contributed by atoms with Gasteiger partial charge in [0.2, 0.25) is 0 Å². The van der Waals surface area contributed by atoms with Crippen LogP contribution in [-0.4, -0.2) is 45.9 Å². The van der Waals surface area contributed by atoms with Crippen LogP contribution in [0.2, 0.25) is 0 Å². The van der Waals surface area contributed by atoms with Gasteiger partial charge >= 0.3 is 13.3 Å². The minimum atomic E-state index is -3.32. The zero-order valence-electron chi connectivity index (χ0n) is 14.2. The maximum absolute atomic E-state index is 12.4. The van der Waals surface area contributed by atoms with Crippen molar-refractivity contribution in [2.24, 2.45) is 5.92 Å². The number of H-pyrrole nitrogens is 1. The first kappa shape index (κ1) is 18.5. The number of ether oxygens (including phenoxy) is 1. The fourth-order valence-corrected chi connectivity index (χ4v) is 5.03. The molecule has 2 aliphatic carbocycles. The topological polar surface area (TPSA) is 120 Å². The Morgan fingerprint density at radius 1 is 1.36 bits per heavy atom. The van der Waals surface area contributed by atoms with Crippen LogP contribution < -0.4 is 11.2 Å². The van der Waals surface area contributed by atoms with Crippen LogP contribution in [0.1, 0.15) is 32.7 Å². The summed E-state index contributed by atoms with van der Waals surface area (Å²) in [4.78, 5) is 25.2. The van der Waals surface area contributed by atoms with Gasteiger partial charge in [0.25, 0.3) is 5.56 Å². The summed E-state index contributed by atoms with van der Waals surface area (Å²) in [5.41, 5.74) is -1.99. The maximum Gasteiger partial charge on any atom is 0.356 e. The molecule has 0 radical (unpaired) electrons. The van der Waals surface area contributed by atoms with E-state index in [9.17, 15) is 19.3 Å². The first-order chi connectivity index (χ1) is 11.8. The summed E-state index contributed by atoms with van der Waals surface area (Å²) in [6.45, 7) is 3.93. The highest BCUT2D eigenvalue weighted by atomic mass is 31.2. The third-order valence-corrected chi connectivity index (χ3v) is 6.56. The number of hydrogen-bond acceptors (Lipinski definition) is 7. The largest absolute Gasteiger partial charge is 0.387 e. The van der Waals surface area contributed by atoms with Crippen molar-refractivity contribution in [1.29, 1.82) is 0 Å². The van der Waals surface area contributed by atoms with Gasteiger partial charge in [-0.15, -0.1) is 0 Å². The Kier molecular flexibility index (Phi) is 5.05. The number of nitrogens with zero attached hydrogens (tertiary/aromatic N) is 1. The molecule has 3 rings (SSSR count). The second-order valence-corrected chi connectivity index (χ2v) is 8.37. The SMILES string of the molecule is CCOP(=O)(COC1C2C[C@@H](n3ccc(=O)[nH]c3=O)CC21O)OCC. The number of fused-ring (bicyclic) bond motifs is 1. The van der Waals surface area contributed by atoms with Crippen LogP contribution in [0.3, 0.4) is 0 Å². The van der Waals surface area contributed by atoms with Crippen molar-refractivity contribution < 1.29 is 23.5 Å². The molecule has 25 heavy (non-hydrogen) atoms. The van der Waals surface area contributed by atoms with Crippen LogP contribution in [-0.2, 0) is 18.3 Å². The van der Waals surface area contributed by atoms with Gasteiger partial charge in [-0.3, -0.25) is 18.9 Å². The number of hydrogen-bond donors (Lipinski definition) is 2. The maximum atomic E-state index is 12.4. The minimum absolute atomic E-state index is 0.145. The fraction of sp³-hybridized carbons (Fsp3) is 0.733. The van der Waals surface area contributed by atoms with Gasteiger partial charge < -0.3 is 18.9 Å². The Morgan fingerprint density at radius 3 is 2.56 bits per heavy atom. The van der Waals surface area contributed by atoms with E-state index in [0.29, 0.717) is 12.8 Å². The number of aromatic nitrogens is 2. The molecule has 2 saturated carbocycles. The van der Waals surface area contributed by atoms with Crippen LogP contribution in [0.15, 0.2) is 21.9 Å². The fourth-order valence-electron chi connectivity index (χ4n) is 3.68. The summed E-state index contributed by atoms with van der Waals surface area (Å²) in [6, 6.07) is 1.08. The molecule has 2 N–H and O–H groups in total. The highest BCUT2D eigenvalue weighted by Crippen LogP contribution is 2.62. The molecule has 0 aliphatic heterocycles. The van der Waals surface area contributed by atoms with E-state index in [2.05, 4.69) is 4.98 Å². The van der Waals surface area contributed by atoms with E-state index in [1.54, 1.807) is 13.8 Å². The molecule has 4 atom stereocenters. The van der Waals surface area contributed by atoms with Crippen LogP contribution in [0.4, 0.5) is 0 Å². The normalized spacial score (nSPS) is 31.1. The molecule has 0 bridgehead atoms. The van der Waals surface area contributed by atoms with Crippen molar-refractivity contribution >= 4 is 7.60 Å². The Bertz CT molecular complexity index is 781. The van der Waals surface area contributed by atoms with Gasteiger partial charge in [-0.2, -0.15) is 0 Å². The standard InChI is InChI=1S/C15H23N2O7P/c1-3-23-25(21,24-4-2)9-22-13-11-7-10(8-15(11,13)20)17-6-5-12(18)16-14(17)19/h5-6,10-11,13,20H,3-4,7-9H2,1-2H3,(H,16,18,19)/t10-,11?,13?,15?/m1/s1. The molecule has 2 aliphatic rings. The lowest BCUT2D eigenvalue weighted by molar-refractivity contribution is 0.0319. The van der Waals surface area contributed by atoms with Gasteiger partial charge in [0.15, 0.2) is 0 Å². The van der Waals surface area contributed by atoms with E-state index in [-0.39, 0.29) is 31.5 Å². The molecule has 0 saturated heterocycles. The second kappa shape index (κ2) is 6.81. The smallest absolute Gasteiger partial charge is 0.356 e. The van der Waals surface area contributed by atoms with E-state index in [0.717, 1.165) is 0 Å². The molecule has 1 aromatic heterocycles. The molecule has 0 spiro atoms. The van der Waals surface area contributed by atoms with Gasteiger partial charge in [0.05, 0.1) is 24.9 Å². The Balaban J connectivity index is 1.61. The first-order valence-corrected chi connectivity index (χ1v) is 10.1. The minimum Gasteiger partial charge on any atom is -0.387 e. The zero-order chi connectivity index (χ0) is 18.2. The first-order valence-electron chi connectivity index (χ1n) is 8.36. The average Bonchev–Trinajstić information content (AvgIpc) is 2.89. The molecule has 10 heteroatoms. The highest BCUT2D eigenvalue weighted by Gasteiger charge is 2.70. The van der Waals surface area contributed by atoms with Gasteiger partial charge in [-0.25, -0.2) is 4.79 Å². The molecular formula is C15H23N2O7P. The van der Waals surface area contributed by atoms with Crippen LogP contribution in [0.25, 0.3) is 0 Å². The number of aliphatic hydroxyl groups is 1. The number of nitrogens with one attached hydrogen (secondary N) is 1. The number of rotatable bonds is 8. The number of aromatic amines is 1. The molecule has 2 fully saturated rings. The van der Waals surface area contributed by atoms with E-state index >= 15 is 0 Å². The van der Waals surface area contributed by atoms with Crippen molar-refractivity contribution in [2.75, 3.05) is 19.6 Å². The quantitative estimate of drug-likeness (QED) is 0.647. The van der Waals surface area contributed by atoms with Crippen molar-refractivity contribution in [3.8, 4) is 0 Å². The molecule has 0 aromatic carbocycles. The van der Waals surface area contributed by atoms with Gasteiger partial charge in [0.1, 0.15) is 6.35 Å². The predicted molar refractivity (Wildman–Crippen MR) is 88.6 cm³/mol. The summed E-state index contributed by atoms with van der Waals surface area (Å²) in [7, 11) is -3.32.